The Bertz CT molecular complexity index is 988. The Labute approximate surface area is 137 Å². The number of nitrogens with zero attached hydrogens (tertiary/aromatic N) is 4. The first-order chi connectivity index (χ1) is 11.8. The first-order valence-electron chi connectivity index (χ1n) is 7.45. The van der Waals surface area contributed by atoms with Gasteiger partial charge in [-0.05, 0) is 35.9 Å². The summed E-state index contributed by atoms with van der Waals surface area (Å²) in [5.41, 5.74) is 3.30. The van der Waals surface area contributed by atoms with Gasteiger partial charge in [-0.2, -0.15) is 5.10 Å². The minimum absolute atomic E-state index is 0.208. The number of amides is 1. The molecule has 0 aliphatic heterocycles. The average molecular weight is 318 g/mol. The lowest BCUT2D eigenvalue weighted by atomic mass is 10.2. The second-order valence-electron chi connectivity index (χ2n) is 5.34. The number of carbonyl (C=O) groups is 1. The van der Waals surface area contributed by atoms with E-state index in [-0.39, 0.29) is 5.91 Å². The van der Waals surface area contributed by atoms with Crippen LogP contribution >= 0.6 is 0 Å². The van der Waals surface area contributed by atoms with Crippen molar-refractivity contribution < 1.29 is 4.79 Å². The maximum absolute atomic E-state index is 12.3. The third kappa shape index (κ3) is 2.87. The Morgan fingerprint density at radius 2 is 2.04 bits per heavy atom. The van der Waals surface area contributed by atoms with Gasteiger partial charge in [-0.3, -0.25) is 14.5 Å². The zero-order valence-corrected chi connectivity index (χ0v) is 12.7. The molecular formula is C17H14N6O. The van der Waals surface area contributed by atoms with Gasteiger partial charge >= 0.3 is 0 Å². The molecule has 0 fully saturated rings. The monoisotopic (exact) mass is 318 g/mol. The molecular weight excluding hydrogens is 304 g/mol. The Kier molecular flexibility index (Phi) is 3.51. The molecule has 0 spiro atoms. The molecule has 7 heteroatoms. The Hall–Kier alpha value is -3.48. The van der Waals surface area contributed by atoms with E-state index in [4.69, 9.17) is 0 Å². The minimum Gasteiger partial charge on any atom is -0.345 e. The number of fused-ring (bicyclic) bond motifs is 1. The molecule has 0 saturated carbocycles. The molecule has 3 aromatic heterocycles. The third-order valence-electron chi connectivity index (χ3n) is 3.66. The molecule has 4 aromatic rings. The molecule has 0 aliphatic carbocycles. The van der Waals surface area contributed by atoms with Crippen molar-refractivity contribution in [3.8, 4) is 0 Å². The zero-order valence-electron chi connectivity index (χ0n) is 12.7. The van der Waals surface area contributed by atoms with Crippen molar-refractivity contribution >= 4 is 22.8 Å². The third-order valence-corrected chi connectivity index (χ3v) is 3.66. The number of anilines is 1. The number of rotatable bonds is 4. The van der Waals surface area contributed by atoms with Gasteiger partial charge in [0, 0.05) is 30.2 Å². The molecule has 0 radical (unpaired) electrons. The first kappa shape index (κ1) is 14.1. The highest BCUT2D eigenvalue weighted by Gasteiger charge is 2.09. The van der Waals surface area contributed by atoms with Crippen LogP contribution in [-0.2, 0) is 6.54 Å². The van der Waals surface area contributed by atoms with E-state index in [9.17, 15) is 4.79 Å². The van der Waals surface area contributed by atoms with E-state index < -0.39 is 0 Å². The molecule has 0 saturated heterocycles. The number of aromatic nitrogens is 5. The predicted octanol–water partition coefficient (Wildman–Crippen LogP) is 2.46. The van der Waals surface area contributed by atoms with Crippen molar-refractivity contribution in [2.45, 2.75) is 6.54 Å². The summed E-state index contributed by atoms with van der Waals surface area (Å²) in [5, 5.41) is 7.17. The van der Waals surface area contributed by atoms with Crippen LogP contribution in [0.2, 0.25) is 0 Å². The normalized spacial score (nSPS) is 10.8. The smallest absolute Gasteiger partial charge is 0.256 e. The lowest BCUT2D eigenvalue weighted by molar-refractivity contribution is 0.102. The summed E-state index contributed by atoms with van der Waals surface area (Å²) in [5.74, 6) is 0.305. The highest BCUT2D eigenvalue weighted by atomic mass is 16.1. The van der Waals surface area contributed by atoms with Crippen molar-refractivity contribution in [1.82, 2.24) is 24.7 Å². The molecule has 0 bridgehead atoms. The van der Waals surface area contributed by atoms with E-state index in [1.807, 2.05) is 24.4 Å². The summed E-state index contributed by atoms with van der Waals surface area (Å²) >= 11 is 0. The lowest BCUT2D eigenvalue weighted by Gasteiger charge is -2.03. The number of aromatic amines is 1. The van der Waals surface area contributed by atoms with Crippen LogP contribution in [-0.4, -0.2) is 30.6 Å². The van der Waals surface area contributed by atoms with Gasteiger partial charge in [0.05, 0.1) is 23.9 Å². The van der Waals surface area contributed by atoms with Crippen LogP contribution in [0.15, 0.2) is 61.3 Å². The molecule has 0 atom stereocenters. The number of carbonyl (C=O) groups excluding carboxylic acids is 1. The van der Waals surface area contributed by atoms with Gasteiger partial charge in [0.2, 0.25) is 0 Å². The van der Waals surface area contributed by atoms with E-state index in [0.29, 0.717) is 17.9 Å². The quantitative estimate of drug-likeness (QED) is 0.605. The van der Waals surface area contributed by atoms with Crippen LogP contribution in [0.5, 0.6) is 0 Å². The Morgan fingerprint density at radius 3 is 2.92 bits per heavy atom. The van der Waals surface area contributed by atoms with E-state index in [1.54, 1.807) is 41.6 Å². The fourth-order valence-corrected chi connectivity index (χ4v) is 2.46. The van der Waals surface area contributed by atoms with Crippen molar-refractivity contribution in [1.29, 1.82) is 0 Å². The molecule has 118 valence electrons. The van der Waals surface area contributed by atoms with Crippen molar-refractivity contribution in [2.75, 3.05) is 5.32 Å². The average Bonchev–Trinajstić information content (AvgIpc) is 3.24. The molecule has 2 N–H and O–H groups in total. The number of imidazole rings is 1. The summed E-state index contributed by atoms with van der Waals surface area (Å²) in [4.78, 5) is 23.5. The first-order valence-corrected chi connectivity index (χ1v) is 7.45. The van der Waals surface area contributed by atoms with Crippen molar-refractivity contribution in [3.05, 3.63) is 72.4 Å². The van der Waals surface area contributed by atoms with Gasteiger partial charge in [0.1, 0.15) is 0 Å². The molecule has 0 aliphatic rings. The van der Waals surface area contributed by atoms with E-state index in [1.165, 1.54) is 0 Å². The minimum atomic E-state index is -0.208. The summed E-state index contributed by atoms with van der Waals surface area (Å²) in [7, 11) is 0. The molecule has 0 unspecified atom stereocenters. The van der Waals surface area contributed by atoms with Gasteiger partial charge in [-0.25, -0.2) is 4.98 Å². The van der Waals surface area contributed by atoms with Crippen LogP contribution < -0.4 is 5.32 Å². The standard InChI is InChI=1S/C17H14N6O/c24-17(13-1-2-14-15(9-13)20-11-19-14)21-16-5-8-23(22-16)10-12-3-6-18-7-4-12/h1-9,11H,10H2,(H,19,20)(H,21,22,24). The van der Waals surface area contributed by atoms with E-state index >= 15 is 0 Å². The Balaban J connectivity index is 1.47. The summed E-state index contributed by atoms with van der Waals surface area (Å²) in [6, 6.07) is 11.0. The zero-order chi connectivity index (χ0) is 16.4. The Morgan fingerprint density at radius 1 is 1.17 bits per heavy atom. The number of hydrogen-bond acceptors (Lipinski definition) is 4. The number of hydrogen-bond donors (Lipinski definition) is 2. The van der Waals surface area contributed by atoms with Gasteiger partial charge in [0.15, 0.2) is 5.82 Å². The molecule has 3 heterocycles. The van der Waals surface area contributed by atoms with Crippen molar-refractivity contribution in [2.24, 2.45) is 0 Å². The van der Waals surface area contributed by atoms with Crippen LogP contribution in [0.1, 0.15) is 15.9 Å². The van der Waals surface area contributed by atoms with E-state index in [0.717, 1.165) is 16.6 Å². The topological polar surface area (TPSA) is 88.5 Å². The SMILES string of the molecule is O=C(Nc1ccn(Cc2ccncc2)n1)c1ccc2nc[nH]c2c1. The van der Waals surface area contributed by atoms with Crippen LogP contribution in [0, 0.1) is 0 Å². The van der Waals surface area contributed by atoms with E-state index in [2.05, 4.69) is 25.4 Å². The number of H-pyrrole nitrogens is 1. The molecule has 4 rings (SSSR count). The number of nitrogens with one attached hydrogen (secondary N) is 2. The van der Waals surface area contributed by atoms with Crippen molar-refractivity contribution in [3.63, 3.8) is 0 Å². The maximum atomic E-state index is 12.3. The highest BCUT2D eigenvalue weighted by Crippen LogP contribution is 2.13. The summed E-state index contributed by atoms with van der Waals surface area (Å²) in [6.07, 6.45) is 6.92. The fourth-order valence-electron chi connectivity index (χ4n) is 2.46. The maximum Gasteiger partial charge on any atom is 0.256 e. The summed E-state index contributed by atoms with van der Waals surface area (Å²) in [6.45, 7) is 0.624. The largest absolute Gasteiger partial charge is 0.345 e. The number of benzene rings is 1. The second kappa shape index (κ2) is 5.96. The van der Waals surface area contributed by atoms with Gasteiger partial charge in [-0.1, -0.05) is 0 Å². The van der Waals surface area contributed by atoms with Gasteiger partial charge in [-0.15, -0.1) is 0 Å². The van der Waals surface area contributed by atoms with Gasteiger partial charge < -0.3 is 10.3 Å². The summed E-state index contributed by atoms with van der Waals surface area (Å²) < 4.78 is 1.77. The van der Waals surface area contributed by atoms with Crippen LogP contribution in [0.25, 0.3) is 11.0 Å². The molecule has 7 nitrogen and oxygen atoms in total. The molecule has 1 amide bonds. The van der Waals surface area contributed by atoms with Crippen LogP contribution in [0.3, 0.4) is 0 Å². The second-order valence-corrected chi connectivity index (χ2v) is 5.34. The van der Waals surface area contributed by atoms with Crippen LogP contribution in [0.4, 0.5) is 5.82 Å². The highest BCUT2D eigenvalue weighted by molar-refractivity contribution is 6.05. The predicted molar refractivity (Wildman–Crippen MR) is 89.6 cm³/mol. The molecule has 1 aromatic carbocycles. The number of pyridine rings is 1. The fraction of sp³-hybridized carbons (Fsp3) is 0.0588. The lowest BCUT2D eigenvalue weighted by Crippen LogP contribution is -2.12. The molecule has 24 heavy (non-hydrogen) atoms. The van der Waals surface area contributed by atoms with Gasteiger partial charge in [0.25, 0.3) is 5.91 Å².